The molecule has 0 fully saturated rings. The second-order valence-electron chi connectivity index (χ2n) is 12.1. The number of benzene rings is 3. The van der Waals surface area contributed by atoms with Crippen molar-refractivity contribution in [2.45, 2.75) is 46.6 Å². The van der Waals surface area contributed by atoms with Crippen LogP contribution >= 0.6 is 46.9 Å². The lowest BCUT2D eigenvalue weighted by molar-refractivity contribution is 0.0589. The van der Waals surface area contributed by atoms with Gasteiger partial charge in [-0.1, -0.05) is 41.9 Å². The van der Waals surface area contributed by atoms with Crippen molar-refractivity contribution in [1.29, 1.82) is 0 Å². The fourth-order valence-corrected chi connectivity index (χ4v) is 9.99. The molecule has 0 radical (unpaired) electrons. The Morgan fingerprint density at radius 3 is 2.71 bits per heavy atom. The predicted octanol–water partition coefficient (Wildman–Crippen LogP) is 8.62. The molecule has 0 amide bonds. The number of fused-ring (bicyclic) bond motifs is 10. The van der Waals surface area contributed by atoms with Crippen LogP contribution in [0.1, 0.15) is 45.2 Å². The maximum atomic E-state index is 13.4. The molecule has 0 unspecified atom stereocenters. The molecule has 6 aromatic rings. The summed E-state index contributed by atoms with van der Waals surface area (Å²) in [5.74, 6) is 4.45. The second kappa shape index (κ2) is 13.1. The Morgan fingerprint density at radius 1 is 0.958 bits per heavy atom. The van der Waals surface area contributed by atoms with Crippen LogP contribution in [0, 0.1) is 0 Å². The average molecular weight is 716 g/mol. The van der Waals surface area contributed by atoms with Gasteiger partial charge in [0, 0.05) is 69.6 Å². The minimum absolute atomic E-state index is 0.363. The Hall–Kier alpha value is -3.51. The van der Waals surface area contributed by atoms with Gasteiger partial charge in [-0.2, -0.15) is 10.2 Å². The van der Waals surface area contributed by atoms with Crippen molar-refractivity contribution in [2.75, 3.05) is 13.7 Å². The lowest BCUT2D eigenvalue weighted by Gasteiger charge is -2.12. The number of rotatable bonds is 1. The summed E-state index contributed by atoms with van der Waals surface area (Å²) in [5, 5.41) is 13.8. The highest BCUT2D eigenvalue weighted by Crippen LogP contribution is 2.45. The largest absolute Gasteiger partial charge is 0.493 e. The van der Waals surface area contributed by atoms with Crippen LogP contribution in [0.2, 0.25) is 5.02 Å². The Kier molecular flexibility index (Phi) is 8.65. The van der Waals surface area contributed by atoms with Gasteiger partial charge in [0.05, 0.1) is 47.2 Å². The van der Waals surface area contributed by atoms with E-state index in [-0.39, 0.29) is 5.97 Å². The molecule has 0 saturated carbocycles. The molecule has 8 nitrogen and oxygen atoms in total. The van der Waals surface area contributed by atoms with E-state index in [4.69, 9.17) is 31.3 Å². The number of thioether (sulfide) groups is 3. The predicted molar refractivity (Wildman–Crippen MR) is 197 cm³/mol. The summed E-state index contributed by atoms with van der Waals surface area (Å²) in [4.78, 5) is 14.5. The molecule has 48 heavy (non-hydrogen) atoms. The minimum Gasteiger partial charge on any atom is -0.493 e. The lowest BCUT2D eigenvalue weighted by atomic mass is 9.98. The Balaban J connectivity index is 1.27. The van der Waals surface area contributed by atoms with Crippen LogP contribution in [-0.4, -0.2) is 43.8 Å². The van der Waals surface area contributed by atoms with Crippen molar-refractivity contribution in [3.05, 3.63) is 93.7 Å². The summed E-state index contributed by atoms with van der Waals surface area (Å²) < 4.78 is 17.9. The van der Waals surface area contributed by atoms with Crippen molar-refractivity contribution < 1.29 is 14.3 Å². The maximum Gasteiger partial charge on any atom is 0.354 e. The number of aromatic nitrogens is 5. The highest BCUT2D eigenvalue weighted by atomic mass is 35.5. The lowest BCUT2D eigenvalue weighted by Crippen LogP contribution is -2.11. The summed E-state index contributed by atoms with van der Waals surface area (Å²) in [6, 6.07) is 18.9. The number of esters is 1. The molecule has 0 N–H and O–H groups in total. The molecule has 246 valence electrons. The molecule has 0 saturated heterocycles. The van der Waals surface area contributed by atoms with Gasteiger partial charge in [0.1, 0.15) is 11.4 Å². The first-order valence-electron chi connectivity index (χ1n) is 15.8. The number of halogens is 1. The summed E-state index contributed by atoms with van der Waals surface area (Å²) >= 11 is 12.6. The highest BCUT2D eigenvalue weighted by Gasteiger charge is 2.30. The SMILES string of the molecule is COC(=O)c1c2c3ccc(Cl)c(c3n1C)-c1c(nn3c1CSC3)CSCc1cc(n(C)n1)CSc1cc(c3ccccc3c1)OCCC2. The molecular weight excluding hydrogens is 682 g/mol. The van der Waals surface area contributed by atoms with E-state index in [1.165, 1.54) is 18.5 Å². The van der Waals surface area contributed by atoms with Gasteiger partial charge in [0.2, 0.25) is 0 Å². The third-order valence-corrected chi connectivity index (χ3v) is 12.4. The number of ether oxygens (including phenoxy) is 2. The molecule has 0 atom stereocenters. The molecular formula is C36H34ClN5O3S3. The van der Waals surface area contributed by atoms with E-state index in [9.17, 15) is 4.79 Å². The van der Waals surface area contributed by atoms with Gasteiger partial charge in [-0.15, -0.1) is 35.3 Å². The van der Waals surface area contributed by atoms with Crippen molar-refractivity contribution in [3.8, 4) is 16.9 Å². The van der Waals surface area contributed by atoms with Crippen LogP contribution in [0.25, 0.3) is 32.8 Å². The molecule has 8 bridgehead atoms. The van der Waals surface area contributed by atoms with E-state index in [2.05, 4.69) is 41.1 Å². The molecule has 3 aromatic carbocycles. The van der Waals surface area contributed by atoms with E-state index in [0.29, 0.717) is 35.9 Å². The van der Waals surface area contributed by atoms with Crippen LogP contribution in [0.5, 0.6) is 5.75 Å². The average Bonchev–Trinajstić information content (AvgIpc) is 3.84. The number of nitrogens with zero attached hydrogens (tertiary/aromatic N) is 5. The van der Waals surface area contributed by atoms with Crippen LogP contribution < -0.4 is 4.74 Å². The van der Waals surface area contributed by atoms with Crippen LogP contribution in [-0.2, 0) is 54.1 Å². The van der Waals surface area contributed by atoms with Crippen LogP contribution in [0.15, 0.2) is 59.5 Å². The molecule has 0 aliphatic carbocycles. The Bertz CT molecular complexity index is 2220. The zero-order valence-electron chi connectivity index (χ0n) is 26.9. The molecule has 2 aliphatic heterocycles. The van der Waals surface area contributed by atoms with Gasteiger partial charge in [-0.05, 0) is 48.1 Å². The summed E-state index contributed by atoms with van der Waals surface area (Å²) in [7, 11) is 5.40. The number of carbonyl (C=O) groups excluding carboxylic acids is 1. The molecule has 8 rings (SSSR count). The fourth-order valence-electron chi connectivity index (χ4n) is 6.94. The van der Waals surface area contributed by atoms with Gasteiger partial charge < -0.3 is 14.0 Å². The van der Waals surface area contributed by atoms with E-state index in [1.807, 2.05) is 65.1 Å². The third kappa shape index (κ3) is 5.58. The van der Waals surface area contributed by atoms with Crippen molar-refractivity contribution in [3.63, 3.8) is 0 Å². The first kappa shape index (κ1) is 31.7. The van der Waals surface area contributed by atoms with Gasteiger partial charge >= 0.3 is 5.97 Å². The normalized spacial score (nSPS) is 15.2. The molecule has 2 aliphatic rings. The zero-order chi connectivity index (χ0) is 32.9. The minimum atomic E-state index is -0.363. The summed E-state index contributed by atoms with van der Waals surface area (Å²) in [5.41, 5.74) is 8.81. The smallest absolute Gasteiger partial charge is 0.354 e. The van der Waals surface area contributed by atoms with E-state index in [0.717, 1.165) is 83.5 Å². The van der Waals surface area contributed by atoms with Crippen molar-refractivity contribution in [1.82, 2.24) is 24.1 Å². The molecule has 0 spiro atoms. The number of carbonyl (C=O) groups is 1. The quantitative estimate of drug-likeness (QED) is 0.157. The monoisotopic (exact) mass is 715 g/mol. The van der Waals surface area contributed by atoms with Crippen molar-refractivity contribution >= 4 is 74.5 Å². The van der Waals surface area contributed by atoms with E-state index in [1.54, 1.807) is 11.8 Å². The topological polar surface area (TPSA) is 76.1 Å². The fraction of sp³-hybridized carbons (Fsp3) is 0.306. The van der Waals surface area contributed by atoms with Crippen molar-refractivity contribution in [2.24, 2.45) is 14.1 Å². The van der Waals surface area contributed by atoms with Crippen LogP contribution in [0.4, 0.5) is 0 Å². The Labute approximate surface area is 296 Å². The molecule has 12 heteroatoms. The number of hydrogen-bond acceptors (Lipinski definition) is 8. The van der Waals surface area contributed by atoms with E-state index >= 15 is 0 Å². The highest BCUT2D eigenvalue weighted by molar-refractivity contribution is 7.98. The number of hydrogen-bond donors (Lipinski definition) is 0. The first-order valence-corrected chi connectivity index (χ1v) is 19.5. The Morgan fingerprint density at radius 2 is 1.83 bits per heavy atom. The first-order chi connectivity index (χ1) is 23.4. The maximum absolute atomic E-state index is 13.4. The standard InChI is InChI=1S/C36H34ClN5O3S3/c1-40-34-27-10-11-28(37)32(34)33-29(39-42-20-47-19-30(33)42)18-46-16-22-14-23(41(2)38-22)17-48-24-13-21-7-4-5-8-25(21)31(15-24)45-12-6-9-26(27)35(40)36(43)44-3/h4-5,7-8,10-11,13-15H,6,9,12,16-20H2,1-3H3. The molecule has 5 heterocycles. The van der Waals surface area contributed by atoms with Crippen LogP contribution in [0.3, 0.4) is 0 Å². The zero-order valence-corrected chi connectivity index (χ0v) is 30.1. The van der Waals surface area contributed by atoms with Gasteiger partial charge in [-0.3, -0.25) is 9.36 Å². The van der Waals surface area contributed by atoms with Gasteiger partial charge in [0.25, 0.3) is 0 Å². The summed E-state index contributed by atoms with van der Waals surface area (Å²) in [6.45, 7) is 0.496. The van der Waals surface area contributed by atoms with Gasteiger partial charge in [-0.25, -0.2) is 4.79 Å². The second-order valence-corrected chi connectivity index (χ2v) is 15.5. The number of methoxy groups -OCH3 is 1. The summed E-state index contributed by atoms with van der Waals surface area (Å²) in [6.07, 6.45) is 1.36. The van der Waals surface area contributed by atoms with Gasteiger partial charge in [0.15, 0.2) is 0 Å². The number of aryl methyl sites for hydroxylation is 3. The molecule has 3 aromatic heterocycles. The van der Waals surface area contributed by atoms with E-state index < -0.39 is 0 Å². The third-order valence-electron chi connectivity index (χ3n) is 9.15.